The van der Waals surface area contributed by atoms with Crippen molar-refractivity contribution in [2.45, 2.75) is 120 Å². The van der Waals surface area contributed by atoms with E-state index >= 15 is 0 Å². The fourth-order valence-corrected chi connectivity index (χ4v) is 7.41. The van der Waals surface area contributed by atoms with Gasteiger partial charge in [0.05, 0.1) is 32.0 Å². The number of hydrogen-bond donors (Lipinski definition) is 16. The highest BCUT2D eigenvalue weighted by atomic mass is 35.5. The average Bonchev–Trinajstić information content (AvgIpc) is 3.37. The van der Waals surface area contributed by atoms with Gasteiger partial charge < -0.3 is 83.6 Å². The minimum atomic E-state index is -1.94. The second-order valence-corrected chi connectivity index (χ2v) is 17.6. The van der Waals surface area contributed by atoms with Gasteiger partial charge in [0, 0.05) is 26.2 Å². The van der Waals surface area contributed by atoms with Gasteiger partial charge in [0.2, 0.25) is 5.91 Å². The molecule has 1 heterocycles. The summed E-state index contributed by atoms with van der Waals surface area (Å²) in [5.41, 5.74) is 21.2. The molecule has 402 valence electrons. The Morgan fingerprint density at radius 3 is 1.78 bits per heavy atom. The number of aromatic nitrogens is 2. The number of guanidine groups is 1. The summed E-state index contributed by atoms with van der Waals surface area (Å²) >= 11 is 5.84. The number of benzene rings is 2. The van der Waals surface area contributed by atoms with Crippen LogP contribution >= 0.6 is 11.6 Å². The van der Waals surface area contributed by atoms with Gasteiger partial charge >= 0.3 is 6.09 Å². The predicted molar refractivity (Wildman–Crippen MR) is 267 cm³/mol. The highest BCUT2D eigenvalue weighted by Gasteiger charge is 2.34. The third-order valence-electron chi connectivity index (χ3n) is 11.5. The summed E-state index contributed by atoms with van der Waals surface area (Å²) in [7, 11) is 0. The molecule has 0 aliphatic rings. The highest BCUT2D eigenvalue weighted by molar-refractivity contribution is 6.31. The number of nitrogens with one attached hydrogen (secondary N) is 3. The number of nitrogens with two attached hydrogens (primary N) is 3. The van der Waals surface area contributed by atoms with Crippen molar-refractivity contribution < 1.29 is 70.2 Å². The largest absolute Gasteiger partial charge is 0.450 e. The molecule has 72 heavy (non-hydrogen) atoms. The number of carbonyl (C=O) groups excluding carboxylic acids is 3. The number of rotatable bonds is 32. The number of unbranched alkanes of at least 4 members (excludes halogenated alkanes) is 2. The Morgan fingerprint density at radius 2 is 1.25 bits per heavy atom. The van der Waals surface area contributed by atoms with Crippen LogP contribution in [0.3, 0.4) is 0 Å². The Labute approximate surface area is 422 Å². The smallest absolute Gasteiger partial charge is 0.407 e. The first kappa shape index (κ1) is 61.0. The van der Waals surface area contributed by atoms with E-state index < -0.39 is 99.1 Å². The van der Waals surface area contributed by atoms with E-state index in [9.17, 15) is 55.2 Å². The molecule has 3 aromatic rings. The lowest BCUT2D eigenvalue weighted by Gasteiger charge is -2.33. The molecule has 9 atom stereocenters. The number of alkyl carbamates (subject to hydrolysis) is 1. The minimum Gasteiger partial charge on any atom is -0.450 e. The molecule has 0 aliphatic carbocycles. The van der Waals surface area contributed by atoms with Crippen LogP contribution in [0.2, 0.25) is 5.15 Å². The maximum Gasteiger partial charge on any atom is 0.407 e. The topological polar surface area (TPSA) is 418 Å². The standard InChI is InChI=1S/C47H73ClN10O14/c1-2-22-72-47(71)54-31(10-4-6-21-58(23-32(61)37(65)39(67)34(63)25-59)24-33(62)38(66)40(68)35(64)26-60)44(69)52-20-7-9-28-13-17-30(18-14-28)29-15-11-27(12-16-29)8-3-5-19-53-46(51)57-45(70)36-42(49)56-43(50)41(48)55-36/h11-18,31-35,37-40,59-68H,2-10,19-26H2,1H3,(H,52,69)(H,54,71)(H4,49,50,56)(H3,51,53,57,70)/t31-,32-,33-,34+,35+,37+,38+,39+,40+/m0/s1. The summed E-state index contributed by atoms with van der Waals surface area (Å²) in [5.74, 6) is -1.53. The van der Waals surface area contributed by atoms with Gasteiger partial charge in [-0.1, -0.05) is 67.1 Å². The maximum absolute atomic E-state index is 13.4. The number of ether oxygens (including phenoxy) is 1. The van der Waals surface area contributed by atoms with Gasteiger partial charge in [0.1, 0.15) is 42.7 Å². The van der Waals surface area contributed by atoms with E-state index in [4.69, 9.17) is 43.8 Å². The van der Waals surface area contributed by atoms with Crippen molar-refractivity contribution >= 4 is 47.1 Å². The number of halogens is 1. The number of nitrogens with zero attached hydrogens (tertiary/aromatic N) is 4. The van der Waals surface area contributed by atoms with Crippen LogP contribution in [0.5, 0.6) is 0 Å². The van der Waals surface area contributed by atoms with Gasteiger partial charge in [-0.05, 0) is 86.6 Å². The molecular formula is C47H73ClN10O14. The Kier molecular flexibility index (Phi) is 27.1. The number of nitrogen functional groups attached to an aromatic ring is 2. The zero-order valence-corrected chi connectivity index (χ0v) is 41.1. The summed E-state index contributed by atoms with van der Waals surface area (Å²) in [6, 6.07) is 15.3. The van der Waals surface area contributed by atoms with Gasteiger partial charge in [0.25, 0.3) is 5.91 Å². The van der Waals surface area contributed by atoms with E-state index in [0.717, 1.165) is 41.5 Å². The Balaban J connectivity index is 1.49. The van der Waals surface area contributed by atoms with Crippen LogP contribution in [-0.2, 0) is 22.4 Å². The molecule has 0 bridgehead atoms. The molecule has 0 spiro atoms. The van der Waals surface area contributed by atoms with E-state index in [1.165, 1.54) is 4.90 Å². The monoisotopic (exact) mass is 1040 g/mol. The molecule has 2 aromatic carbocycles. The Morgan fingerprint density at radius 1 is 0.722 bits per heavy atom. The number of aliphatic hydroxyl groups excluding tert-OH is 10. The second-order valence-electron chi connectivity index (χ2n) is 17.3. The molecule has 0 aliphatic heterocycles. The first-order valence-electron chi connectivity index (χ1n) is 23.8. The van der Waals surface area contributed by atoms with Crippen LogP contribution in [-0.4, -0.2) is 197 Å². The highest BCUT2D eigenvalue weighted by Crippen LogP contribution is 2.22. The zero-order chi connectivity index (χ0) is 53.3. The molecular weight excluding hydrogens is 964 g/mol. The third-order valence-corrected chi connectivity index (χ3v) is 11.8. The lowest BCUT2D eigenvalue weighted by atomic mass is 9.99. The maximum atomic E-state index is 13.4. The Hall–Kier alpha value is -5.35. The summed E-state index contributed by atoms with van der Waals surface area (Å²) in [6.45, 7) is -0.0137. The van der Waals surface area contributed by atoms with Crippen LogP contribution in [0.4, 0.5) is 16.4 Å². The first-order chi connectivity index (χ1) is 34.3. The number of anilines is 2. The molecule has 19 N–H and O–H groups in total. The van der Waals surface area contributed by atoms with Crippen LogP contribution in [0.1, 0.15) is 73.5 Å². The van der Waals surface area contributed by atoms with Gasteiger partial charge in [-0.2, -0.15) is 0 Å². The molecule has 0 unspecified atom stereocenters. The number of amides is 3. The van der Waals surface area contributed by atoms with Crippen molar-refractivity contribution in [3.05, 3.63) is 70.5 Å². The summed E-state index contributed by atoms with van der Waals surface area (Å²) < 4.78 is 5.15. The predicted octanol–water partition coefficient (Wildman–Crippen LogP) is -2.07. The van der Waals surface area contributed by atoms with Crippen molar-refractivity contribution in [1.29, 1.82) is 0 Å². The molecule has 0 fully saturated rings. The zero-order valence-electron chi connectivity index (χ0n) is 40.3. The van der Waals surface area contributed by atoms with Gasteiger partial charge in [-0.25, -0.2) is 14.8 Å². The first-order valence-corrected chi connectivity index (χ1v) is 24.1. The minimum absolute atomic E-state index is 0.0435. The molecule has 24 nitrogen and oxygen atoms in total. The van der Waals surface area contributed by atoms with Crippen LogP contribution in [0.25, 0.3) is 11.1 Å². The summed E-state index contributed by atoms with van der Waals surface area (Å²) in [6.07, 6.45) is -10.7. The lowest BCUT2D eigenvalue weighted by molar-refractivity contribution is -0.130. The molecule has 0 saturated carbocycles. The van der Waals surface area contributed by atoms with Crippen LogP contribution < -0.4 is 33.2 Å². The lowest BCUT2D eigenvalue weighted by Crippen LogP contribution is -2.53. The Bertz CT molecular complexity index is 2100. The SMILES string of the molecule is CCCOC(=O)N[C@@H](CCCCN(C[C@H](O)[C@@H](O)[C@H](O)[C@H](O)CO)C[C@H](O)[C@@H](O)[C@H](O)[C@H](O)CO)C(=O)NCCCc1ccc(-c2ccc(CCCCN=C(N)NC(=O)c3nc(Cl)c(N)nc3N)cc2)cc1. The summed E-state index contributed by atoms with van der Waals surface area (Å²) in [4.78, 5) is 51.5. The van der Waals surface area contributed by atoms with Gasteiger partial charge in [-0.3, -0.25) is 24.8 Å². The van der Waals surface area contributed by atoms with Crippen molar-refractivity contribution in [2.75, 3.05) is 64.0 Å². The number of aliphatic hydroxyl groups is 10. The van der Waals surface area contributed by atoms with Crippen molar-refractivity contribution in [2.24, 2.45) is 10.7 Å². The fourth-order valence-electron chi connectivity index (χ4n) is 7.28. The second kappa shape index (κ2) is 32.0. The molecule has 3 amide bonds. The number of hydrogen-bond acceptors (Lipinski definition) is 20. The molecule has 0 radical (unpaired) electrons. The van der Waals surface area contributed by atoms with Crippen molar-refractivity contribution in [3.63, 3.8) is 0 Å². The average molecular weight is 1040 g/mol. The molecule has 1 aromatic heterocycles. The normalized spacial score (nSPS) is 15.7. The van der Waals surface area contributed by atoms with Crippen LogP contribution in [0, 0.1) is 0 Å². The van der Waals surface area contributed by atoms with E-state index in [-0.39, 0.29) is 54.4 Å². The third kappa shape index (κ3) is 20.6. The number of aliphatic imine (C=N–C) groups is 1. The summed E-state index contributed by atoms with van der Waals surface area (Å²) in [5, 5.41) is 108. The molecule has 25 heteroatoms. The van der Waals surface area contributed by atoms with Crippen molar-refractivity contribution in [3.8, 4) is 11.1 Å². The molecule has 3 rings (SSSR count). The van der Waals surface area contributed by atoms with Gasteiger partial charge in [0.15, 0.2) is 28.4 Å². The van der Waals surface area contributed by atoms with E-state index in [1.807, 2.05) is 31.2 Å². The quantitative estimate of drug-likeness (QED) is 0.0181. The van der Waals surface area contributed by atoms with E-state index in [1.54, 1.807) is 0 Å². The van der Waals surface area contributed by atoms with E-state index in [2.05, 4.69) is 55.2 Å². The number of aryl methyl sites for hydroxylation is 2. The van der Waals surface area contributed by atoms with E-state index in [0.29, 0.717) is 38.8 Å². The fraction of sp³-hybridized carbons (Fsp3) is 0.574. The number of carbonyl (C=O) groups is 3. The van der Waals surface area contributed by atoms with Gasteiger partial charge in [-0.15, -0.1) is 0 Å². The van der Waals surface area contributed by atoms with Crippen molar-refractivity contribution in [1.82, 2.24) is 30.8 Å². The molecule has 0 saturated heterocycles. The van der Waals surface area contributed by atoms with Crippen LogP contribution in [0.15, 0.2) is 53.5 Å².